The highest BCUT2D eigenvalue weighted by atomic mass is 16.4. The van der Waals surface area contributed by atoms with Crippen LogP contribution in [0.4, 0.5) is 0 Å². The number of nitrogens with zero attached hydrogens (tertiary/aromatic N) is 1. The molecule has 2 aromatic rings. The number of carboxylic acids is 1. The third kappa shape index (κ3) is 2.44. The molecule has 5 heteroatoms. The van der Waals surface area contributed by atoms with E-state index in [1.165, 1.54) is 22.9 Å². The van der Waals surface area contributed by atoms with Gasteiger partial charge >= 0.3 is 5.97 Å². The van der Waals surface area contributed by atoms with E-state index >= 15 is 0 Å². The van der Waals surface area contributed by atoms with Crippen LogP contribution in [0, 0.1) is 6.92 Å². The molecular formula is C12H11NO4. The Morgan fingerprint density at radius 1 is 1.35 bits per heavy atom. The Hall–Kier alpha value is -2.30. The van der Waals surface area contributed by atoms with Crippen LogP contribution in [0.5, 0.6) is 0 Å². The molecule has 5 nitrogen and oxygen atoms in total. The summed E-state index contributed by atoms with van der Waals surface area (Å²) in [4.78, 5) is 22.3. The van der Waals surface area contributed by atoms with E-state index < -0.39 is 5.97 Å². The predicted molar refractivity (Wildman–Crippen MR) is 60.2 cm³/mol. The molecule has 0 saturated heterocycles. The SMILES string of the molecule is Cc1ccc(Cn2cc(C(=O)O)ccc2=O)o1. The largest absolute Gasteiger partial charge is 0.478 e. The van der Waals surface area contributed by atoms with Crippen molar-refractivity contribution in [3.63, 3.8) is 0 Å². The molecule has 88 valence electrons. The van der Waals surface area contributed by atoms with Gasteiger partial charge in [-0.05, 0) is 25.1 Å². The number of pyridine rings is 1. The zero-order chi connectivity index (χ0) is 12.4. The van der Waals surface area contributed by atoms with Gasteiger partial charge in [-0.1, -0.05) is 0 Å². The minimum Gasteiger partial charge on any atom is -0.478 e. The normalized spacial score (nSPS) is 10.4. The molecule has 0 radical (unpaired) electrons. The maximum Gasteiger partial charge on any atom is 0.337 e. The van der Waals surface area contributed by atoms with Crippen LogP contribution >= 0.6 is 0 Å². The van der Waals surface area contributed by atoms with Crippen molar-refractivity contribution in [2.75, 3.05) is 0 Å². The lowest BCUT2D eigenvalue weighted by molar-refractivity contribution is 0.0695. The van der Waals surface area contributed by atoms with Crippen LogP contribution in [-0.4, -0.2) is 15.6 Å². The number of carboxylic acid groups (broad SMARTS) is 1. The van der Waals surface area contributed by atoms with Gasteiger partial charge in [0, 0.05) is 12.3 Å². The number of aryl methyl sites for hydroxylation is 1. The van der Waals surface area contributed by atoms with Crippen molar-refractivity contribution < 1.29 is 14.3 Å². The van der Waals surface area contributed by atoms with Crippen molar-refractivity contribution in [1.82, 2.24) is 4.57 Å². The number of hydrogen-bond donors (Lipinski definition) is 1. The molecule has 0 aliphatic heterocycles. The van der Waals surface area contributed by atoms with E-state index in [2.05, 4.69) is 0 Å². The lowest BCUT2D eigenvalue weighted by atomic mass is 10.3. The summed E-state index contributed by atoms with van der Waals surface area (Å²) in [5.41, 5.74) is -0.183. The molecule has 0 aliphatic rings. The average Bonchev–Trinajstić information content (AvgIpc) is 2.67. The van der Waals surface area contributed by atoms with Gasteiger partial charge in [0.2, 0.25) is 0 Å². The highest BCUT2D eigenvalue weighted by Crippen LogP contribution is 2.07. The first-order valence-corrected chi connectivity index (χ1v) is 5.05. The Labute approximate surface area is 96.9 Å². The number of hydrogen-bond acceptors (Lipinski definition) is 3. The number of furan rings is 1. The van der Waals surface area contributed by atoms with Crippen molar-refractivity contribution in [1.29, 1.82) is 0 Å². The molecule has 2 heterocycles. The maximum absolute atomic E-state index is 11.5. The van der Waals surface area contributed by atoms with Gasteiger partial charge < -0.3 is 14.1 Å². The smallest absolute Gasteiger partial charge is 0.337 e. The summed E-state index contributed by atoms with van der Waals surface area (Å²) in [6.07, 6.45) is 1.31. The average molecular weight is 233 g/mol. The van der Waals surface area contributed by atoms with Gasteiger partial charge in [-0.25, -0.2) is 4.79 Å². The second-order valence-electron chi connectivity index (χ2n) is 3.70. The molecule has 0 fully saturated rings. The molecule has 0 atom stereocenters. The van der Waals surface area contributed by atoms with E-state index in [4.69, 9.17) is 9.52 Å². The number of aromatic carboxylic acids is 1. The molecule has 0 unspecified atom stereocenters. The molecule has 2 rings (SSSR count). The van der Waals surface area contributed by atoms with E-state index in [0.29, 0.717) is 5.76 Å². The van der Waals surface area contributed by atoms with Crippen LogP contribution in [0.1, 0.15) is 21.9 Å². The van der Waals surface area contributed by atoms with Gasteiger partial charge in [0.05, 0.1) is 12.1 Å². The van der Waals surface area contributed by atoms with Crippen molar-refractivity contribution in [3.8, 4) is 0 Å². The Bertz CT molecular complexity index is 609. The summed E-state index contributed by atoms with van der Waals surface area (Å²) in [6.45, 7) is 2.04. The van der Waals surface area contributed by atoms with Crippen LogP contribution in [0.3, 0.4) is 0 Å². The molecule has 17 heavy (non-hydrogen) atoms. The molecule has 0 aromatic carbocycles. The summed E-state index contributed by atoms with van der Waals surface area (Å²) in [5.74, 6) is 0.309. The summed E-state index contributed by atoms with van der Waals surface area (Å²) in [5, 5.41) is 8.83. The fourth-order valence-electron chi connectivity index (χ4n) is 1.52. The van der Waals surface area contributed by atoms with Gasteiger partial charge in [-0.15, -0.1) is 0 Å². The summed E-state index contributed by atoms with van der Waals surface area (Å²) in [7, 11) is 0. The highest BCUT2D eigenvalue weighted by Gasteiger charge is 2.07. The van der Waals surface area contributed by atoms with Gasteiger partial charge in [0.25, 0.3) is 5.56 Å². The van der Waals surface area contributed by atoms with Gasteiger partial charge in [-0.2, -0.15) is 0 Å². The molecule has 0 spiro atoms. The quantitative estimate of drug-likeness (QED) is 0.871. The summed E-state index contributed by atoms with van der Waals surface area (Å²) in [6, 6.07) is 6.07. The Balaban J connectivity index is 2.35. The third-order valence-electron chi connectivity index (χ3n) is 2.35. The zero-order valence-corrected chi connectivity index (χ0v) is 9.21. The topological polar surface area (TPSA) is 72.4 Å². The lowest BCUT2D eigenvalue weighted by Gasteiger charge is -2.04. The standard InChI is InChI=1S/C12H11NO4/c1-8-2-4-10(17-8)7-13-6-9(12(15)16)3-5-11(13)14/h2-6H,7H2,1H3,(H,15,16). The minimum atomic E-state index is -1.06. The van der Waals surface area contributed by atoms with E-state index in [9.17, 15) is 9.59 Å². The Kier molecular flexibility index (Phi) is 2.82. The number of carbonyl (C=O) groups is 1. The first-order valence-electron chi connectivity index (χ1n) is 5.05. The molecule has 0 saturated carbocycles. The van der Waals surface area contributed by atoms with E-state index in [1.54, 1.807) is 19.1 Å². The molecule has 0 amide bonds. The Morgan fingerprint density at radius 3 is 2.71 bits per heavy atom. The van der Waals surface area contributed by atoms with Crippen molar-refractivity contribution in [3.05, 3.63) is 57.9 Å². The molecular weight excluding hydrogens is 222 g/mol. The lowest BCUT2D eigenvalue weighted by Crippen LogP contribution is -2.20. The highest BCUT2D eigenvalue weighted by molar-refractivity contribution is 5.87. The van der Waals surface area contributed by atoms with Crippen LogP contribution in [0.2, 0.25) is 0 Å². The second kappa shape index (κ2) is 4.29. The fourth-order valence-corrected chi connectivity index (χ4v) is 1.52. The van der Waals surface area contributed by atoms with Crippen LogP contribution < -0.4 is 5.56 Å². The van der Waals surface area contributed by atoms with E-state index in [1.807, 2.05) is 0 Å². The molecule has 0 aliphatic carbocycles. The monoisotopic (exact) mass is 233 g/mol. The third-order valence-corrected chi connectivity index (χ3v) is 2.35. The number of aromatic nitrogens is 1. The summed E-state index contributed by atoms with van der Waals surface area (Å²) < 4.78 is 6.64. The van der Waals surface area contributed by atoms with E-state index in [-0.39, 0.29) is 17.7 Å². The van der Waals surface area contributed by atoms with E-state index in [0.717, 1.165) is 5.76 Å². The van der Waals surface area contributed by atoms with Crippen molar-refractivity contribution >= 4 is 5.97 Å². The summed E-state index contributed by atoms with van der Waals surface area (Å²) >= 11 is 0. The van der Waals surface area contributed by atoms with Gasteiger partial charge in [0.15, 0.2) is 0 Å². The van der Waals surface area contributed by atoms with Crippen LogP contribution in [0.25, 0.3) is 0 Å². The maximum atomic E-state index is 11.5. The van der Waals surface area contributed by atoms with Gasteiger partial charge in [0.1, 0.15) is 11.5 Å². The minimum absolute atomic E-state index is 0.0767. The first kappa shape index (κ1) is 11.2. The molecule has 0 bridgehead atoms. The molecule has 2 aromatic heterocycles. The van der Waals surface area contributed by atoms with Crippen molar-refractivity contribution in [2.24, 2.45) is 0 Å². The first-order chi connectivity index (χ1) is 8.06. The zero-order valence-electron chi connectivity index (χ0n) is 9.21. The van der Waals surface area contributed by atoms with Crippen LogP contribution in [0.15, 0.2) is 39.7 Å². The second-order valence-corrected chi connectivity index (χ2v) is 3.70. The predicted octanol–water partition coefficient (Wildman–Crippen LogP) is 1.50. The fraction of sp³-hybridized carbons (Fsp3) is 0.167. The Morgan fingerprint density at radius 2 is 2.12 bits per heavy atom. The van der Waals surface area contributed by atoms with Crippen LogP contribution in [-0.2, 0) is 6.54 Å². The van der Waals surface area contributed by atoms with Gasteiger partial charge in [-0.3, -0.25) is 4.79 Å². The molecule has 1 N–H and O–H groups in total. The number of rotatable bonds is 3. The van der Waals surface area contributed by atoms with Crippen molar-refractivity contribution in [2.45, 2.75) is 13.5 Å².